The van der Waals surface area contributed by atoms with Crippen LogP contribution in [0.5, 0.6) is 5.75 Å². The van der Waals surface area contributed by atoms with Crippen molar-refractivity contribution in [1.29, 1.82) is 0 Å². The highest BCUT2D eigenvalue weighted by molar-refractivity contribution is 5.87. The van der Waals surface area contributed by atoms with Crippen molar-refractivity contribution in [3.05, 3.63) is 65.2 Å². The van der Waals surface area contributed by atoms with E-state index in [0.717, 1.165) is 29.7 Å². The molecule has 2 amide bonds. The van der Waals surface area contributed by atoms with Gasteiger partial charge in [0.25, 0.3) is 0 Å². The standard InChI is InChI=1S/C26H36N2O3/c1-6-19(3)27-26(30)20(4)28(18-23-9-8-10-24(17-23)31-5)25(29)16-15-22-13-11-21(7-2)12-14-22/h8-14,17,19-20H,6-7,15-16,18H2,1-5H3,(H,27,30). The first-order valence-corrected chi connectivity index (χ1v) is 11.2. The third-order valence-electron chi connectivity index (χ3n) is 5.71. The van der Waals surface area contributed by atoms with Gasteiger partial charge >= 0.3 is 0 Å². The Hall–Kier alpha value is -2.82. The molecule has 168 valence electrons. The molecular weight excluding hydrogens is 388 g/mol. The molecule has 2 rings (SSSR count). The van der Waals surface area contributed by atoms with Crippen LogP contribution in [0.25, 0.3) is 0 Å². The molecule has 2 aromatic carbocycles. The SMILES string of the molecule is CCc1ccc(CCC(=O)N(Cc2cccc(OC)c2)C(C)C(=O)NC(C)CC)cc1. The van der Waals surface area contributed by atoms with E-state index in [1.165, 1.54) is 5.56 Å². The molecular formula is C26H36N2O3. The quantitative estimate of drug-likeness (QED) is 0.577. The molecule has 0 aliphatic heterocycles. The summed E-state index contributed by atoms with van der Waals surface area (Å²) < 4.78 is 5.31. The van der Waals surface area contributed by atoms with Gasteiger partial charge in [-0.2, -0.15) is 0 Å². The zero-order valence-electron chi connectivity index (χ0n) is 19.5. The molecule has 0 aromatic heterocycles. The van der Waals surface area contributed by atoms with Crippen molar-refractivity contribution >= 4 is 11.8 Å². The highest BCUT2D eigenvalue weighted by Gasteiger charge is 2.26. The molecule has 5 heteroatoms. The van der Waals surface area contributed by atoms with E-state index >= 15 is 0 Å². The lowest BCUT2D eigenvalue weighted by atomic mass is 10.0. The Balaban J connectivity index is 2.15. The Morgan fingerprint density at radius 1 is 1.00 bits per heavy atom. The molecule has 2 atom stereocenters. The molecule has 0 bridgehead atoms. The minimum Gasteiger partial charge on any atom is -0.497 e. The van der Waals surface area contributed by atoms with E-state index in [9.17, 15) is 9.59 Å². The first kappa shape index (κ1) is 24.4. The highest BCUT2D eigenvalue weighted by Crippen LogP contribution is 2.18. The summed E-state index contributed by atoms with van der Waals surface area (Å²) in [5.41, 5.74) is 3.34. The maximum atomic E-state index is 13.2. The lowest BCUT2D eigenvalue weighted by Gasteiger charge is -2.30. The van der Waals surface area contributed by atoms with E-state index in [4.69, 9.17) is 4.74 Å². The largest absolute Gasteiger partial charge is 0.497 e. The van der Waals surface area contributed by atoms with Crippen LogP contribution in [0.2, 0.25) is 0 Å². The summed E-state index contributed by atoms with van der Waals surface area (Å²) in [6, 6.07) is 15.5. The summed E-state index contributed by atoms with van der Waals surface area (Å²) in [4.78, 5) is 27.7. The van der Waals surface area contributed by atoms with Crippen molar-refractivity contribution in [3.63, 3.8) is 0 Å². The van der Waals surface area contributed by atoms with Crippen LogP contribution in [0.15, 0.2) is 48.5 Å². The number of methoxy groups -OCH3 is 1. The fraction of sp³-hybridized carbons (Fsp3) is 0.462. The number of carbonyl (C=O) groups excluding carboxylic acids is 2. The van der Waals surface area contributed by atoms with Crippen LogP contribution in [-0.4, -0.2) is 35.9 Å². The van der Waals surface area contributed by atoms with Gasteiger partial charge in [-0.1, -0.05) is 50.2 Å². The minimum atomic E-state index is -0.560. The van der Waals surface area contributed by atoms with Crippen LogP contribution >= 0.6 is 0 Å². The number of carbonyl (C=O) groups is 2. The summed E-state index contributed by atoms with van der Waals surface area (Å²) in [5, 5.41) is 3.00. The van der Waals surface area contributed by atoms with Gasteiger partial charge in [-0.15, -0.1) is 0 Å². The number of hydrogen-bond donors (Lipinski definition) is 1. The van der Waals surface area contributed by atoms with Gasteiger partial charge in [0.05, 0.1) is 7.11 Å². The average molecular weight is 425 g/mol. The molecule has 0 spiro atoms. The van der Waals surface area contributed by atoms with Gasteiger partial charge in [-0.05, 0) is 61.9 Å². The Bertz CT molecular complexity index is 848. The van der Waals surface area contributed by atoms with Gasteiger partial charge in [0.1, 0.15) is 11.8 Å². The van der Waals surface area contributed by atoms with Crippen LogP contribution in [0.4, 0.5) is 0 Å². The van der Waals surface area contributed by atoms with E-state index in [1.807, 2.05) is 38.1 Å². The number of aryl methyl sites for hydroxylation is 2. The number of hydrogen-bond acceptors (Lipinski definition) is 3. The van der Waals surface area contributed by atoms with Gasteiger partial charge in [0, 0.05) is 19.0 Å². The number of ether oxygens (including phenoxy) is 1. The van der Waals surface area contributed by atoms with Gasteiger partial charge in [0.2, 0.25) is 11.8 Å². The fourth-order valence-corrected chi connectivity index (χ4v) is 3.35. The average Bonchev–Trinajstić information content (AvgIpc) is 2.80. The molecule has 0 heterocycles. The molecule has 0 fully saturated rings. The van der Waals surface area contributed by atoms with Gasteiger partial charge < -0.3 is 15.0 Å². The van der Waals surface area contributed by atoms with E-state index in [1.54, 1.807) is 18.9 Å². The first-order chi connectivity index (χ1) is 14.9. The molecule has 2 aromatic rings. The maximum absolute atomic E-state index is 13.2. The number of rotatable bonds is 11. The second-order valence-corrected chi connectivity index (χ2v) is 8.04. The van der Waals surface area contributed by atoms with Gasteiger partial charge in [-0.3, -0.25) is 9.59 Å². The normalized spacial score (nSPS) is 12.7. The van der Waals surface area contributed by atoms with Gasteiger partial charge in [0.15, 0.2) is 0 Å². The second kappa shape index (κ2) is 12.1. The Morgan fingerprint density at radius 3 is 2.29 bits per heavy atom. The molecule has 0 aliphatic carbocycles. The summed E-state index contributed by atoms with van der Waals surface area (Å²) in [6.07, 6.45) is 2.85. The zero-order valence-corrected chi connectivity index (χ0v) is 19.5. The lowest BCUT2D eigenvalue weighted by molar-refractivity contribution is -0.140. The van der Waals surface area contributed by atoms with Crippen LogP contribution in [0.3, 0.4) is 0 Å². The van der Waals surface area contributed by atoms with E-state index < -0.39 is 6.04 Å². The van der Waals surface area contributed by atoms with Crippen molar-refractivity contribution in [1.82, 2.24) is 10.2 Å². The fourth-order valence-electron chi connectivity index (χ4n) is 3.35. The van der Waals surface area contributed by atoms with E-state index in [2.05, 4.69) is 36.5 Å². The maximum Gasteiger partial charge on any atom is 0.242 e. The molecule has 31 heavy (non-hydrogen) atoms. The molecule has 5 nitrogen and oxygen atoms in total. The van der Waals surface area contributed by atoms with E-state index in [0.29, 0.717) is 19.4 Å². The highest BCUT2D eigenvalue weighted by atomic mass is 16.5. The van der Waals surface area contributed by atoms with Crippen LogP contribution in [0, 0.1) is 0 Å². The number of benzene rings is 2. The molecule has 0 aliphatic rings. The molecule has 0 saturated heterocycles. The number of nitrogens with one attached hydrogen (secondary N) is 1. The predicted molar refractivity (Wildman–Crippen MR) is 125 cm³/mol. The van der Waals surface area contributed by atoms with Gasteiger partial charge in [-0.25, -0.2) is 0 Å². The van der Waals surface area contributed by atoms with Crippen LogP contribution < -0.4 is 10.1 Å². The predicted octanol–water partition coefficient (Wildman–Crippen LogP) is 4.52. The third kappa shape index (κ3) is 7.42. The molecule has 0 radical (unpaired) electrons. The summed E-state index contributed by atoms with van der Waals surface area (Å²) >= 11 is 0. The van der Waals surface area contributed by atoms with Crippen molar-refractivity contribution in [3.8, 4) is 5.75 Å². The van der Waals surface area contributed by atoms with Crippen LogP contribution in [-0.2, 0) is 29.0 Å². The summed E-state index contributed by atoms with van der Waals surface area (Å²) in [7, 11) is 1.62. The van der Waals surface area contributed by atoms with Crippen molar-refractivity contribution in [2.75, 3.05) is 7.11 Å². The number of nitrogens with zero attached hydrogens (tertiary/aromatic N) is 1. The third-order valence-corrected chi connectivity index (χ3v) is 5.71. The van der Waals surface area contributed by atoms with Crippen molar-refractivity contribution < 1.29 is 14.3 Å². The minimum absolute atomic E-state index is 0.0332. The Labute approximate surface area is 186 Å². The van der Waals surface area contributed by atoms with E-state index in [-0.39, 0.29) is 17.9 Å². The summed E-state index contributed by atoms with van der Waals surface area (Å²) in [5.74, 6) is 0.574. The Kier molecular flexibility index (Phi) is 9.57. The lowest BCUT2D eigenvalue weighted by Crippen LogP contribution is -2.49. The van der Waals surface area contributed by atoms with Crippen LogP contribution in [0.1, 0.15) is 57.2 Å². The Morgan fingerprint density at radius 2 is 1.68 bits per heavy atom. The first-order valence-electron chi connectivity index (χ1n) is 11.2. The topological polar surface area (TPSA) is 58.6 Å². The molecule has 2 unspecified atom stereocenters. The second-order valence-electron chi connectivity index (χ2n) is 8.04. The number of amides is 2. The molecule has 1 N–H and O–H groups in total. The monoisotopic (exact) mass is 424 g/mol. The zero-order chi connectivity index (χ0) is 22.8. The van der Waals surface area contributed by atoms with Crippen molar-refractivity contribution in [2.24, 2.45) is 0 Å². The van der Waals surface area contributed by atoms with Crippen molar-refractivity contribution in [2.45, 2.75) is 72.0 Å². The smallest absolute Gasteiger partial charge is 0.242 e. The summed E-state index contributed by atoms with van der Waals surface area (Å²) in [6.45, 7) is 8.28. The molecule has 0 saturated carbocycles.